The minimum atomic E-state index is 0.419. The molecule has 3 heteroatoms. The van der Waals surface area contributed by atoms with Crippen LogP contribution in [0.15, 0.2) is 24.3 Å². The van der Waals surface area contributed by atoms with Gasteiger partial charge in [-0.05, 0) is 62.4 Å². The predicted molar refractivity (Wildman–Crippen MR) is 88.2 cm³/mol. The highest BCUT2D eigenvalue weighted by atomic mass is 16.5. The Balaban J connectivity index is 1.58. The molecule has 1 aliphatic heterocycles. The number of hydrogen-bond acceptors (Lipinski definition) is 3. The van der Waals surface area contributed by atoms with Crippen LogP contribution in [0.2, 0.25) is 0 Å². The van der Waals surface area contributed by atoms with Crippen LogP contribution in [0.5, 0.6) is 5.75 Å². The maximum atomic E-state index is 6.16. The van der Waals surface area contributed by atoms with Gasteiger partial charge in [0.25, 0.3) is 0 Å². The molecule has 1 N–H and O–H groups in total. The molecule has 0 aromatic heterocycles. The smallest absolute Gasteiger partial charge is 0.119 e. The third kappa shape index (κ3) is 4.13. The van der Waals surface area contributed by atoms with Crippen molar-refractivity contribution in [1.82, 2.24) is 5.32 Å². The first kappa shape index (κ1) is 14.7. The number of rotatable bonds is 3. The zero-order valence-corrected chi connectivity index (χ0v) is 13.2. The predicted octanol–water partition coefficient (Wildman–Crippen LogP) is 3.44. The molecule has 0 spiro atoms. The SMILES string of the molecule is CC1CCCC(Oc2ccc(N3CCCNCC3)cc2)C1. The molecule has 3 nitrogen and oxygen atoms in total. The summed E-state index contributed by atoms with van der Waals surface area (Å²) in [6, 6.07) is 8.72. The lowest BCUT2D eigenvalue weighted by molar-refractivity contribution is 0.129. The number of anilines is 1. The fraction of sp³-hybridized carbons (Fsp3) is 0.667. The molecule has 0 radical (unpaired) electrons. The Hall–Kier alpha value is -1.22. The van der Waals surface area contributed by atoms with Crippen molar-refractivity contribution in [1.29, 1.82) is 0 Å². The lowest BCUT2D eigenvalue weighted by Gasteiger charge is -2.28. The van der Waals surface area contributed by atoms with E-state index in [0.717, 1.165) is 37.8 Å². The molecule has 1 aromatic carbocycles. The van der Waals surface area contributed by atoms with Gasteiger partial charge in [-0.15, -0.1) is 0 Å². The van der Waals surface area contributed by atoms with Crippen LogP contribution in [-0.4, -0.2) is 32.3 Å². The summed E-state index contributed by atoms with van der Waals surface area (Å²) in [7, 11) is 0. The van der Waals surface area contributed by atoms with Gasteiger partial charge in [0.2, 0.25) is 0 Å². The molecule has 3 rings (SSSR count). The average molecular weight is 288 g/mol. The molecule has 1 saturated heterocycles. The first-order chi connectivity index (χ1) is 10.3. The van der Waals surface area contributed by atoms with Gasteiger partial charge in [0.15, 0.2) is 0 Å². The van der Waals surface area contributed by atoms with Gasteiger partial charge in [0, 0.05) is 25.3 Å². The van der Waals surface area contributed by atoms with Gasteiger partial charge in [0.1, 0.15) is 5.75 Å². The third-order valence-corrected chi connectivity index (χ3v) is 4.73. The summed E-state index contributed by atoms with van der Waals surface area (Å²) >= 11 is 0. The molecule has 2 atom stereocenters. The second kappa shape index (κ2) is 7.17. The summed E-state index contributed by atoms with van der Waals surface area (Å²) in [5.41, 5.74) is 1.32. The second-order valence-electron chi connectivity index (χ2n) is 6.60. The van der Waals surface area contributed by atoms with E-state index >= 15 is 0 Å². The molecule has 116 valence electrons. The van der Waals surface area contributed by atoms with Gasteiger partial charge in [0.05, 0.1) is 6.10 Å². The van der Waals surface area contributed by atoms with Crippen molar-refractivity contribution in [3.8, 4) is 5.75 Å². The lowest BCUT2D eigenvalue weighted by Crippen LogP contribution is -2.27. The van der Waals surface area contributed by atoms with E-state index in [1.807, 2.05) is 0 Å². The molecular formula is C18H28N2O. The minimum Gasteiger partial charge on any atom is -0.490 e. The highest BCUT2D eigenvalue weighted by Gasteiger charge is 2.20. The number of nitrogens with one attached hydrogen (secondary N) is 1. The quantitative estimate of drug-likeness (QED) is 0.922. The van der Waals surface area contributed by atoms with Crippen molar-refractivity contribution in [3.63, 3.8) is 0 Å². The molecule has 1 aromatic rings. The largest absolute Gasteiger partial charge is 0.490 e. The first-order valence-corrected chi connectivity index (χ1v) is 8.53. The Kier molecular flexibility index (Phi) is 5.02. The van der Waals surface area contributed by atoms with E-state index in [1.165, 1.54) is 37.8 Å². The average Bonchev–Trinajstić information content (AvgIpc) is 2.77. The highest BCUT2D eigenvalue weighted by molar-refractivity contribution is 5.49. The van der Waals surface area contributed by atoms with E-state index in [2.05, 4.69) is 41.4 Å². The van der Waals surface area contributed by atoms with Gasteiger partial charge in [-0.25, -0.2) is 0 Å². The van der Waals surface area contributed by atoms with Crippen LogP contribution in [0.4, 0.5) is 5.69 Å². The normalized spacial score (nSPS) is 27.2. The summed E-state index contributed by atoms with van der Waals surface area (Å²) in [5, 5.41) is 3.45. The number of benzene rings is 1. The van der Waals surface area contributed by atoms with Crippen molar-refractivity contribution < 1.29 is 4.74 Å². The molecule has 21 heavy (non-hydrogen) atoms. The Morgan fingerprint density at radius 3 is 2.71 bits per heavy atom. The van der Waals surface area contributed by atoms with Gasteiger partial charge in [-0.3, -0.25) is 0 Å². The minimum absolute atomic E-state index is 0.419. The Morgan fingerprint density at radius 2 is 1.90 bits per heavy atom. The van der Waals surface area contributed by atoms with Crippen LogP contribution in [-0.2, 0) is 0 Å². The fourth-order valence-electron chi connectivity index (χ4n) is 3.52. The molecule has 1 aliphatic carbocycles. The van der Waals surface area contributed by atoms with E-state index in [1.54, 1.807) is 0 Å². The third-order valence-electron chi connectivity index (χ3n) is 4.73. The summed E-state index contributed by atoms with van der Waals surface area (Å²) in [6.45, 7) is 6.80. The van der Waals surface area contributed by atoms with Gasteiger partial charge >= 0.3 is 0 Å². The monoisotopic (exact) mass is 288 g/mol. The van der Waals surface area contributed by atoms with E-state index < -0.39 is 0 Å². The lowest BCUT2D eigenvalue weighted by atomic mass is 9.89. The van der Waals surface area contributed by atoms with E-state index in [-0.39, 0.29) is 0 Å². The molecule has 1 saturated carbocycles. The van der Waals surface area contributed by atoms with E-state index in [0.29, 0.717) is 6.10 Å². The standard InChI is InChI=1S/C18H28N2O/c1-15-4-2-5-18(14-15)21-17-8-6-16(7-9-17)20-12-3-10-19-11-13-20/h6-9,15,18-19H,2-5,10-14H2,1H3. The number of nitrogens with zero attached hydrogens (tertiary/aromatic N) is 1. The fourth-order valence-corrected chi connectivity index (χ4v) is 3.52. The molecule has 1 heterocycles. The first-order valence-electron chi connectivity index (χ1n) is 8.53. The maximum absolute atomic E-state index is 6.16. The Bertz CT molecular complexity index is 423. The zero-order chi connectivity index (χ0) is 14.5. The van der Waals surface area contributed by atoms with Crippen LogP contribution >= 0.6 is 0 Å². The van der Waals surface area contributed by atoms with Crippen molar-refractivity contribution in [2.75, 3.05) is 31.1 Å². The number of ether oxygens (including phenoxy) is 1. The Morgan fingerprint density at radius 1 is 1.05 bits per heavy atom. The maximum Gasteiger partial charge on any atom is 0.119 e. The van der Waals surface area contributed by atoms with Crippen molar-refractivity contribution in [2.24, 2.45) is 5.92 Å². The molecule has 2 unspecified atom stereocenters. The van der Waals surface area contributed by atoms with E-state index in [4.69, 9.17) is 4.74 Å². The zero-order valence-electron chi connectivity index (χ0n) is 13.2. The van der Waals surface area contributed by atoms with Gasteiger partial charge in [-0.1, -0.05) is 13.3 Å². The van der Waals surface area contributed by atoms with Crippen LogP contribution in [0.1, 0.15) is 39.0 Å². The van der Waals surface area contributed by atoms with Crippen LogP contribution in [0.3, 0.4) is 0 Å². The number of hydrogen-bond donors (Lipinski definition) is 1. The van der Waals surface area contributed by atoms with E-state index in [9.17, 15) is 0 Å². The van der Waals surface area contributed by atoms with Crippen LogP contribution in [0, 0.1) is 5.92 Å². The van der Waals surface area contributed by atoms with Gasteiger partial charge in [-0.2, -0.15) is 0 Å². The van der Waals surface area contributed by atoms with Crippen molar-refractivity contribution in [2.45, 2.75) is 45.1 Å². The van der Waals surface area contributed by atoms with Gasteiger partial charge < -0.3 is 15.0 Å². The summed E-state index contributed by atoms with van der Waals surface area (Å²) in [5.74, 6) is 1.85. The van der Waals surface area contributed by atoms with Crippen LogP contribution in [0.25, 0.3) is 0 Å². The highest BCUT2D eigenvalue weighted by Crippen LogP contribution is 2.28. The Labute approximate surface area is 128 Å². The molecular weight excluding hydrogens is 260 g/mol. The molecule has 0 bridgehead atoms. The molecule has 2 aliphatic rings. The molecule has 0 amide bonds. The topological polar surface area (TPSA) is 24.5 Å². The van der Waals surface area contributed by atoms with Crippen LogP contribution < -0.4 is 15.0 Å². The van der Waals surface area contributed by atoms with Crippen molar-refractivity contribution >= 4 is 5.69 Å². The summed E-state index contributed by atoms with van der Waals surface area (Å²) in [6.07, 6.45) is 6.73. The summed E-state index contributed by atoms with van der Waals surface area (Å²) < 4.78 is 6.16. The summed E-state index contributed by atoms with van der Waals surface area (Å²) in [4.78, 5) is 2.46. The molecule has 2 fully saturated rings. The second-order valence-corrected chi connectivity index (χ2v) is 6.60. The van der Waals surface area contributed by atoms with Crippen molar-refractivity contribution in [3.05, 3.63) is 24.3 Å².